The van der Waals surface area contributed by atoms with E-state index in [0.717, 1.165) is 0 Å². The van der Waals surface area contributed by atoms with Gasteiger partial charge in [0.15, 0.2) is 0 Å². The van der Waals surface area contributed by atoms with Gasteiger partial charge in [-0.1, -0.05) is 0 Å². The van der Waals surface area contributed by atoms with Crippen molar-refractivity contribution >= 4 is 7.12 Å². The van der Waals surface area contributed by atoms with E-state index in [4.69, 9.17) is 20.3 Å². The van der Waals surface area contributed by atoms with Gasteiger partial charge >= 0.3 is 19.5 Å². The molecule has 0 aromatic rings. The van der Waals surface area contributed by atoms with Gasteiger partial charge in [0.1, 0.15) is 13.2 Å². The van der Waals surface area contributed by atoms with Gasteiger partial charge in [-0.25, -0.2) is 0 Å². The first-order valence-electron chi connectivity index (χ1n) is 3.57. The van der Waals surface area contributed by atoms with Crippen LogP contribution in [0, 0.1) is 0 Å². The number of aliphatic hydroxyl groups is 2. The molecule has 0 aromatic carbocycles. The maximum absolute atomic E-state index is 10.5. The Kier molecular flexibility index (Phi) is 27.4. The van der Waals surface area contributed by atoms with Gasteiger partial charge in [0.2, 0.25) is 0 Å². The molecule has 104 valence electrons. The summed E-state index contributed by atoms with van der Waals surface area (Å²) >= 11 is 0. The Morgan fingerprint density at radius 3 is 0.833 bits per heavy atom. The van der Waals surface area contributed by atoms with Crippen molar-refractivity contribution in [3.8, 4) is 0 Å². The summed E-state index contributed by atoms with van der Waals surface area (Å²) in [6, 6.07) is 0. The zero-order chi connectivity index (χ0) is 14.0. The zero-order valence-electron chi connectivity index (χ0n) is 9.46. The maximum Gasteiger partial charge on any atom is 0.448 e. The van der Waals surface area contributed by atoms with Crippen molar-refractivity contribution < 1.29 is 85.6 Å². The molecular weight excluding hydrogens is 380 g/mol. The standard InChI is InChI=1S/2C2H3F3O.CH5BO2.2Zn/c2*3-2(4,5)1-6;1-2(3)4;;/h2*6H,1H2;3-4H,1H3;;. The number of rotatable bonds is 0. The van der Waals surface area contributed by atoms with E-state index in [9.17, 15) is 26.3 Å². The fourth-order valence-corrected chi connectivity index (χ4v) is 0. The predicted octanol–water partition coefficient (Wildman–Crippen LogP) is 0.166. The van der Waals surface area contributed by atoms with E-state index in [-0.39, 0.29) is 39.0 Å². The molecule has 0 aliphatic rings. The molecule has 0 heterocycles. The van der Waals surface area contributed by atoms with Crippen LogP contribution in [-0.2, 0) is 39.0 Å². The molecule has 0 unspecified atom stereocenters. The van der Waals surface area contributed by atoms with Gasteiger partial charge in [-0.15, -0.1) is 0 Å². The second-order valence-electron chi connectivity index (χ2n) is 2.18. The van der Waals surface area contributed by atoms with Crippen molar-refractivity contribution in [3.05, 3.63) is 0 Å². The summed E-state index contributed by atoms with van der Waals surface area (Å²) in [4.78, 5) is 0. The topological polar surface area (TPSA) is 80.9 Å². The average Bonchev–Trinajstić information content (AvgIpc) is 2.02. The largest absolute Gasteiger partial charge is 0.448 e. The van der Waals surface area contributed by atoms with Crippen molar-refractivity contribution in [1.29, 1.82) is 0 Å². The molecule has 0 aliphatic carbocycles. The molecular formula is C5H11BF6O4Zn2. The van der Waals surface area contributed by atoms with E-state index < -0.39 is 32.7 Å². The molecule has 0 atom stereocenters. The Morgan fingerprint density at radius 2 is 0.833 bits per heavy atom. The minimum Gasteiger partial charge on any atom is -0.427 e. The molecule has 13 heteroatoms. The van der Waals surface area contributed by atoms with E-state index in [0.29, 0.717) is 0 Å². The van der Waals surface area contributed by atoms with Crippen LogP contribution in [0.3, 0.4) is 0 Å². The van der Waals surface area contributed by atoms with Gasteiger partial charge in [0.25, 0.3) is 0 Å². The van der Waals surface area contributed by atoms with Crippen molar-refractivity contribution in [1.82, 2.24) is 0 Å². The van der Waals surface area contributed by atoms with E-state index >= 15 is 0 Å². The predicted molar refractivity (Wildman–Crippen MR) is 42.3 cm³/mol. The molecule has 0 aliphatic heterocycles. The van der Waals surface area contributed by atoms with E-state index in [1.807, 2.05) is 0 Å². The Balaban J connectivity index is -0.0000000454. The molecule has 4 N–H and O–H groups in total. The van der Waals surface area contributed by atoms with Crippen molar-refractivity contribution in [2.45, 2.75) is 19.2 Å². The van der Waals surface area contributed by atoms with Gasteiger partial charge in [0, 0.05) is 39.0 Å². The van der Waals surface area contributed by atoms with Crippen LogP contribution < -0.4 is 0 Å². The molecule has 0 rings (SSSR count). The van der Waals surface area contributed by atoms with E-state index in [1.54, 1.807) is 0 Å². The van der Waals surface area contributed by atoms with Gasteiger partial charge in [-0.2, -0.15) is 26.3 Å². The zero-order valence-corrected chi connectivity index (χ0v) is 15.4. The minimum absolute atomic E-state index is 0. The summed E-state index contributed by atoms with van der Waals surface area (Å²) in [5.74, 6) is 0. The Bertz CT molecular complexity index is 139. The summed E-state index contributed by atoms with van der Waals surface area (Å²) in [7, 11) is -1.17. The van der Waals surface area contributed by atoms with Crippen LogP contribution in [-0.4, -0.2) is 52.9 Å². The second kappa shape index (κ2) is 15.8. The Hall–Kier alpha value is 0.732. The van der Waals surface area contributed by atoms with Crippen LogP contribution in [0.2, 0.25) is 6.82 Å². The van der Waals surface area contributed by atoms with Crippen LogP contribution in [0.1, 0.15) is 0 Å². The first-order valence-corrected chi connectivity index (χ1v) is 3.57. The molecule has 0 fully saturated rings. The molecule has 0 aromatic heterocycles. The maximum atomic E-state index is 10.5. The van der Waals surface area contributed by atoms with Gasteiger partial charge in [-0.05, 0) is 6.82 Å². The summed E-state index contributed by atoms with van der Waals surface area (Å²) in [5, 5.41) is 29.8. The second-order valence-corrected chi connectivity index (χ2v) is 2.18. The number of alkyl halides is 6. The van der Waals surface area contributed by atoms with Crippen LogP contribution >= 0.6 is 0 Å². The molecule has 0 saturated heterocycles. The third-order valence-electron chi connectivity index (χ3n) is 0.359. The molecule has 0 spiro atoms. The third kappa shape index (κ3) is 91.4. The number of hydrogen-bond donors (Lipinski definition) is 4. The third-order valence-corrected chi connectivity index (χ3v) is 0.359. The monoisotopic (exact) mass is 388 g/mol. The van der Waals surface area contributed by atoms with Gasteiger partial charge in [-0.3, -0.25) is 0 Å². The van der Waals surface area contributed by atoms with E-state index in [2.05, 4.69) is 0 Å². The van der Waals surface area contributed by atoms with Crippen LogP contribution in [0.25, 0.3) is 0 Å². The Morgan fingerprint density at radius 1 is 0.778 bits per heavy atom. The van der Waals surface area contributed by atoms with Crippen LogP contribution in [0.4, 0.5) is 26.3 Å². The summed E-state index contributed by atoms with van der Waals surface area (Å²) in [6.07, 6.45) is -8.81. The molecule has 0 saturated carbocycles. The first-order chi connectivity index (χ1) is 6.85. The van der Waals surface area contributed by atoms with Crippen molar-refractivity contribution in [2.75, 3.05) is 13.2 Å². The molecule has 0 bridgehead atoms. The fourth-order valence-electron chi connectivity index (χ4n) is 0. The molecule has 4 nitrogen and oxygen atoms in total. The quantitative estimate of drug-likeness (QED) is 0.351. The van der Waals surface area contributed by atoms with E-state index in [1.165, 1.54) is 6.82 Å². The fraction of sp³-hybridized carbons (Fsp3) is 1.00. The van der Waals surface area contributed by atoms with Crippen LogP contribution in [0.15, 0.2) is 0 Å². The number of hydrogen-bond acceptors (Lipinski definition) is 4. The van der Waals surface area contributed by atoms with Crippen LogP contribution in [0.5, 0.6) is 0 Å². The summed E-state index contributed by atoms with van der Waals surface area (Å²) in [5.41, 5.74) is 0. The van der Waals surface area contributed by atoms with Crippen molar-refractivity contribution in [2.24, 2.45) is 0 Å². The summed E-state index contributed by atoms with van der Waals surface area (Å²) in [6.45, 7) is -2.18. The Labute approximate surface area is 125 Å². The molecule has 18 heavy (non-hydrogen) atoms. The van der Waals surface area contributed by atoms with Gasteiger partial charge < -0.3 is 20.3 Å². The SMILES string of the molecule is CB(O)O.OCC(F)(F)F.OCC(F)(F)F.[Zn].[Zn]. The van der Waals surface area contributed by atoms with Gasteiger partial charge in [0.05, 0.1) is 0 Å². The molecule has 0 radical (unpaired) electrons. The van der Waals surface area contributed by atoms with Crippen molar-refractivity contribution in [3.63, 3.8) is 0 Å². The minimum atomic E-state index is -4.40. The first kappa shape index (κ1) is 31.2. The average molecular weight is 391 g/mol. The number of aliphatic hydroxyl groups excluding tert-OH is 2. The number of halogens is 6. The normalized spacial score (nSPS) is 9.50. The summed E-state index contributed by atoms with van der Waals surface area (Å²) < 4.78 is 63.2. The smallest absolute Gasteiger partial charge is 0.427 e. The molecule has 0 amide bonds.